The van der Waals surface area contributed by atoms with Crippen molar-refractivity contribution < 1.29 is 19.4 Å². The summed E-state index contributed by atoms with van der Waals surface area (Å²) in [6.45, 7) is 9.27. The van der Waals surface area contributed by atoms with Crippen molar-refractivity contribution in [1.29, 1.82) is 0 Å². The number of aromatic nitrogens is 1. The zero-order valence-electron chi connectivity index (χ0n) is 21.9. The number of ketones is 1. The molecule has 1 aromatic heterocycles. The van der Waals surface area contributed by atoms with Gasteiger partial charge in [-0.15, -0.1) is 0 Å². The summed E-state index contributed by atoms with van der Waals surface area (Å²) < 4.78 is 5.80. The predicted octanol–water partition coefficient (Wildman–Crippen LogP) is 6.18. The third-order valence-corrected chi connectivity index (χ3v) is 6.61. The molecule has 192 valence electrons. The fourth-order valence-electron chi connectivity index (χ4n) is 4.46. The molecule has 1 saturated heterocycles. The Morgan fingerprint density at radius 3 is 2.38 bits per heavy atom. The van der Waals surface area contributed by atoms with Gasteiger partial charge in [0.25, 0.3) is 11.7 Å². The summed E-state index contributed by atoms with van der Waals surface area (Å²) in [5.41, 5.74) is 3.22. The third-order valence-electron chi connectivity index (χ3n) is 6.61. The van der Waals surface area contributed by atoms with Crippen LogP contribution in [0, 0.1) is 0 Å². The minimum absolute atomic E-state index is 0.0460. The second-order valence-corrected chi connectivity index (χ2v) is 10.4. The van der Waals surface area contributed by atoms with E-state index in [0.29, 0.717) is 17.9 Å². The van der Waals surface area contributed by atoms with E-state index in [2.05, 4.69) is 32.7 Å². The Hall–Kier alpha value is -3.93. The quantitative estimate of drug-likeness (QED) is 0.174. The zero-order valence-corrected chi connectivity index (χ0v) is 21.9. The molecule has 0 radical (unpaired) electrons. The van der Waals surface area contributed by atoms with Crippen LogP contribution in [-0.2, 0) is 21.5 Å². The van der Waals surface area contributed by atoms with Gasteiger partial charge in [-0.3, -0.25) is 14.6 Å². The van der Waals surface area contributed by atoms with E-state index in [0.717, 1.165) is 29.5 Å². The summed E-state index contributed by atoms with van der Waals surface area (Å²) in [5, 5.41) is 11.4. The van der Waals surface area contributed by atoms with E-state index in [1.165, 1.54) is 4.90 Å². The highest BCUT2D eigenvalue weighted by Gasteiger charge is 2.46. The third kappa shape index (κ3) is 5.74. The Kier molecular flexibility index (Phi) is 7.77. The smallest absolute Gasteiger partial charge is 0.295 e. The van der Waals surface area contributed by atoms with Crippen molar-refractivity contribution >= 4 is 17.4 Å². The second-order valence-electron chi connectivity index (χ2n) is 10.4. The highest BCUT2D eigenvalue weighted by Crippen LogP contribution is 2.41. The number of likely N-dealkylation sites (tertiary alicyclic amines) is 1. The maximum Gasteiger partial charge on any atom is 0.295 e. The van der Waals surface area contributed by atoms with E-state index < -0.39 is 17.7 Å². The predicted molar refractivity (Wildman–Crippen MR) is 144 cm³/mol. The van der Waals surface area contributed by atoms with E-state index in [4.69, 9.17) is 4.74 Å². The maximum atomic E-state index is 13.4. The van der Waals surface area contributed by atoms with Gasteiger partial charge in [-0.2, -0.15) is 0 Å². The molecule has 0 saturated carbocycles. The molecule has 6 nitrogen and oxygen atoms in total. The molecule has 4 rings (SSSR count). The van der Waals surface area contributed by atoms with Crippen LogP contribution in [0.3, 0.4) is 0 Å². The summed E-state index contributed by atoms with van der Waals surface area (Å²) in [6, 6.07) is 17.8. The van der Waals surface area contributed by atoms with Gasteiger partial charge in [-0.25, -0.2) is 0 Å². The molecule has 1 unspecified atom stereocenters. The van der Waals surface area contributed by atoms with Gasteiger partial charge < -0.3 is 14.7 Å². The molecule has 2 aromatic carbocycles. The number of Topliss-reactive ketones (excluding diaryl/α,β-unsaturated/α-hetero) is 1. The molecule has 1 amide bonds. The number of pyridine rings is 1. The largest absolute Gasteiger partial charge is 0.507 e. The monoisotopic (exact) mass is 498 g/mol. The Bertz CT molecular complexity index is 1290. The molecular formula is C31H34N2O4. The van der Waals surface area contributed by atoms with Gasteiger partial charge in [-0.05, 0) is 52.8 Å². The number of rotatable bonds is 8. The minimum Gasteiger partial charge on any atom is -0.507 e. The molecule has 3 aromatic rings. The van der Waals surface area contributed by atoms with E-state index >= 15 is 0 Å². The Balaban J connectivity index is 1.80. The normalized spacial score (nSPS) is 17.3. The van der Waals surface area contributed by atoms with Crippen LogP contribution in [-0.4, -0.2) is 33.3 Å². The summed E-state index contributed by atoms with van der Waals surface area (Å²) in [4.78, 5) is 32.2. The lowest BCUT2D eigenvalue weighted by Gasteiger charge is -2.26. The molecule has 0 aliphatic carbocycles. The number of hydrogen-bond acceptors (Lipinski definition) is 5. The van der Waals surface area contributed by atoms with Crippen LogP contribution in [0.15, 0.2) is 78.6 Å². The minimum atomic E-state index is -0.730. The van der Waals surface area contributed by atoms with Crippen molar-refractivity contribution in [2.75, 3.05) is 6.61 Å². The first kappa shape index (κ1) is 26.1. The van der Waals surface area contributed by atoms with Crippen LogP contribution in [0.1, 0.15) is 68.8 Å². The number of unbranched alkanes of at least 4 members (excludes halogenated alkanes) is 1. The number of ether oxygens (including phenoxy) is 1. The van der Waals surface area contributed by atoms with Crippen molar-refractivity contribution in [3.63, 3.8) is 0 Å². The first-order valence-electron chi connectivity index (χ1n) is 12.7. The Morgan fingerprint density at radius 1 is 1.03 bits per heavy atom. The first-order chi connectivity index (χ1) is 17.7. The molecule has 37 heavy (non-hydrogen) atoms. The molecule has 1 aliphatic rings. The fraction of sp³-hybridized carbons (Fsp3) is 0.323. The SMILES string of the molecule is CCCCOc1cccc(/C(O)=C2\C(=O)C(=O)N(Cc3ccncc3)C2c2ccc(C(C)(C)C)cc2)c1. The van der Waals surface area contributed by atoms with Crippen molar-refractivity contribution in [3.8, 4) is 5.75 Å². The lowest BCUT2D eigenvalue weighted by atomic mass is 9.85. The van der Waals surface area contributed by atoms with Gasteiger partial charge in [0.2, 0.25) is 0 Å². The van der Waals surface area contributed by atoms with E-state index in [9.17, 15) is 14.7 Å². The zero-order chi connectivity index (χ0) is 26.6. The van der Waals surface area contributed by atoms with Crippen molar-refractivity contribution in [3.05, 3.63) is 101 Å². The van der Waals surface area contributed by atoms with Crippen LogP contribution in [0.25, 0.3) is 5.76 Å². The molecule has 0 bridgehead atoms. The second kappa shape index (κ2) is 11.0. The summed E-state index contributed by atoms with van der Waals surface area (Å²) >= 11 is 0. The molecule has 2 heterocycles. The summed E-state index contributed by atoms with van der Waals surface area (Å²) in [7, 11) is 0. The Labute approximate surface area is 218 Å². The van der Waals surface area contributed by atoms with Crippen LogP contribution in [0.2, 0.25) is 0 Å². The van der Waals surface area contributed by atoms with Gasteiger partial charge in [-0.1, -0.05) is 70.5 Å². The number of hydrogen-bond donors (Lipinski definition) is 1. The number of carbonyl (C=O) groups is 2. The molecule has 6 heteroatoms. The molecule has 0 spiro atoms. The molecule has 1 fully saturated rings. The van der Waals surface area contributed by atoms with Gasteiger partial charge in [0, 0.05) is 24.5 Å². The number of aliphatic hydroxyl groups excluding tert-OH is 1. The lowest BCUT2D eigenvalue weighted by molar-refractivity contribution is -0.140. The molecular weight excluding hydrogens is 464 g/mol. The standard InChI is InChI=1S/C31H34N2O4/c1-5-6-18-37-25-9-7-8-23(19-25)28(34)26-27(22-10-12-24(13-11-22)31(2,3)4)33(30(36)29(26)35)20-21-14-16-32-17-15-21/h7-17,19,27,34H,5-6,18,20H2,1-4H3/b28-26+. The number of amides is 1. The highest BCUT2D eigenvalue weighted by atomic mass is 16.5. The van der Waals surface area contributed by atoms with Gasteiger partial charge in [0.05, 0.1) is 18.2 Å². The fourth-order valence-corrected chi connectivity index (χ4v) is 4.46. The van der Waals surface area contributed by atoms with Gasteiger partial charge in [0.1, 0.15) is 11.5 Å². The average Bonchev–Trinajstić information content (AvgIpc) is 3.14. The number of aliphatic hydroxyl groups is 1. The van der Waals surface area contributed by atoms with E-state index in [1.807, 2.05) is 42.5 Å². The number of carbonyl (C=O) groups excluding carboxylic acids is 2. The van der Waals surface area contributed by atoms with Gasteiger partial charge >= 0.3 is 0 Å². The van der Waals surface area contributed by atoms with Crippen LogP contribution < -0.4 is 4.74 Å². The number of benzene rings is 2. The van der Waals surface area contributed by atoms with Crippen LogP contribution in [0.4, 0.5) is 0 Å². The van der Waals surface area contributed by atoms with Gasteiger partial charge in [0.15, 0.2) is 0 Å². The molecule has 1 atom stereocenters. The van der Waals surface area contributed by atoms with Crippen LogP contribution in [0.5, 0.6) is 5.75 Å². The first-order valence-corrected chi connectivity index (χ1v) is 12.7. The Morgan fingerprint density at radius 2 is 1.73 bits per heavy atom. The summed E-state index contributed by atoms with van der Waals surface area (Å²) in [6.07, 6.45) is 5.24. The maximum absolute atomic E-state index is 13.4. The van der Waals surface area contributed by atoms with Crippen molar-refractivity contribution in [2.45, 2.75) is 58.5 Å². The molecule has 1 aliphatic heterocycles. The topological polar surface area (TPSA) is 79.7 Å². The highest BCUT2D eigenvalue weighted by molar-refractivity contribution is 6.46. The average molecular weight is 499 g/mol. The van der Waals surface area contributed by atoms with Crippen LogP contribution >= 0.6 is 0 Å². The lowest BCUT2D eigenvalue weighted by Crippen LogP contribution is -2.29. The summed E-state index contributed by atoms with van der Waals surface area (Å²) in [5.74, 6) is -0.941. The van der Waals surface area contributed by atoms with Crippen molar-refractivity contribution in [2.24, 2.45) is 0 Å². The van der Waals surface area contributed by atoms with E-state index in [1.54, 1.807) is 30.6 Å². The van der Waals surface area contributed by atoms with Crippen molar-refractivity contribution in [1.82, 2.24) is 9.88 Å². The molecule has 1 N–H and O–H groups in total. The number of nitrogens with zero attached hydrogens (tertiary/aromatic N) is 2. The van der Waals surface area contributed by atoms with E-state index in [-0.39, 0.29) is 23.3 Å².